The highest BCUT2D eigenvalue weighted by molar-refractivity contribution is 7.17. The molecule has 21 heavy (non-hydrogen) atoms. The Hall–Kier alpha value is -2.41. The van der Waals surface area contributed by atoms with Gasteiger partial charge in [-0.15, -0.1) is 0 Å². The molecule has 0 fully saturated rings. The van der Waals surface area contributed by atoms with Gasteiger partial charge in [0, 0.05) is 25.3 Å². The van der Waals surface area contributed by atoms with E-state index in [0.717, 1.165) is 11.3 Å². The molecule has 110 valence electrons. The van der Waals surface area contributed by atoms with Crippen molar-refractivity contribution in [2.24, 2.45) is 0 Å². The van der Waals surface area contributed by atoms with Crippen molar-refractivity contribution in [2.75, 3.05) is 25.1 Å². The van der Waals surface area contributed by atoms with Gasteiger partial charge in [0.2, 0.25) is 0 Å². The molecule has 6 nitrogen and oxygen atoms in total. The molecule has 0 atom stereocenters. The van der Waals surface area contributed by atoms with Gasteiger partial charge in [0.05, 0.1) is 5.69 Å². The van der Waals surface area contributed by atoms with E-state index in [1.54, 1.807) is 45.3 Å². The summed E-state index contributed by atoms with van der Waals surface area (Å²) in [7, 11) is 3.36. The molecule has 0 aliphatic carbocycles. The smallest absolute Gasteiger partial charge is 0.267 e. The maximum Gasteiger partial charge on any atom is 0.267 e. The number of aryl methyl sites for hydroxylation is 1. The topological polar surface area (TPSA) is 88.3 Å². The number of nitrogens with one attached hydrogen (secondary N) is 1. The van der Waals surface area contributed by atoms with Crippen LogP contribution in [0.3, 0.4) is 0 Å². The summed E-state index contributed by atoms with van der Waals surface area (Å²) in [6.45, 7) is 1.73. The van der Waals surface area contributed by atoms with Crippen LogP contribution in [0.4, 0.5) is 10.8 Å². The third kappa shape index (κ3) is 3.38. The molecule has 0 bridgehead atoms. The predicted molar refractivity (Wildman–Crippen MR) is 83.7 cm³/mol. The van der Waals surface area contributed by atoms with Crippen LogP contribution in [0.2, 0.25) is 0 Å². The van der Waals surface area contributed by atoms with Gasteiger partial charge in [0.25, 0.3) is 11.8 Å². The quantitative estimate of drug-likeness (QED) is 0.907. The molecular formula is C14H16N4O2S. The SMILES string of the molecule is Cc1nc(N)sc1C(=O)Nc1cccc(C(=O)N(C)C)c1. The second-order valence-corrected chi connectivity index (χ2v) is 5.73. The highest BCUT2D eigenvalue weighted by Crippen LogP contribution is 2.21. The summed E-state index contributed by atoms with van der Waals surface area (Å²) in [5, 5.41) is 3.11. The monoisotopic (exact) mass is 304 g/mol. The molecule has 3 N–H and O–H groups in total. The number of amides is 2. The molecule has 0 saturated heterocycles. The lowest BCUT2D eigenvalue weighted by Gasteiger charge is -2.11. The number of nitrogen functional groups attached to an aromatic ring is 1. The average molecular weight is 304 g/mol. The van der Waals surface area contributed by atoms with Gasteiger partial charge in [-0.05, 0) is 25.1 Å². The van der Waals surface area contributed by atoms with E-state index >= 15 is 0 Å². The minimum absolute atomic E-state index is 0.121. The van der Waals surface area contributed by atoms with Gasteiger partial charge >= 0.3 is 0 Å². The molecule has 0 radical (unpaired) electrons. The van der Waals surface area contributed by atoms with Crippen LogP contribution in [-0.2, 0) is 0 Å². The van der Waals surface area contributed by atoms with E-state index in [-0.39, 0.29) is 11.8 Å². The lowest BCUT2D eigenvalue weighted by Crippen LogP contribution is -2.21. The van der Waals surface area contributed by atoms with Crippen molar-refractivity contribution in [2.45, 2.75) is 6.92 Å². The summed E-state index contributed by atoms with van der Waals surface area (Å²) in [6.07, 6.45) is 0. The van der Waals surface area contributed by atoms with Crippen molar-refractivity contribution in [3.8, 4) is 0 Å². The third-order valence-electron chi connectivity index (χ3n) is 2.79. The first kappa shape index (κ1) is 15.0. The molecule has 2 aromatic rings. The highest BCUT2D eigenvalue weighted by Gasteiger charge is 2.15. The Labute approximate surface area is 126 Å². The van der Waals surface area contributed by atoms with Crippen LogP contribution in [0.15, 0.2) is 24.3 Å². The van der Waals surface area contributed by atoms with Crippen LogP contribution in [0, 0.1) is 6.92 Å². The van der Waals surface area contributed by atoms with Crippen molar-refractivity contribution in [1.29, 1.82) is 0 Å². The van der Waals surface area contributed by atoms with Crippen molar-refractivity contribution in [1.82, 2.24) is 9.88 Å². The Balaban J connectivity index is 2.20. The molecule has 0 aliphatic rings. The molecule has 1 aromatic carbocycles. The zero-order valence-corrected chi connectivity index (χ0v) is 12.8. The number of hydrogen-bond acceptors (Lipinski definition) is 5. The lowest BCUT2D eigenvalue weighted by atomic mass is 10.2. The number of anilines is 2. The standard InChI is InChI=1S/C14H16N4O2S/c1-8-11(21-14(15)16-8)12(19)17-10-6-4-5-9(7-10)13(20)18(2)3/h4-7H,1-3H3,(H2,15,16)(H,17,19). The Morgan fingerprint density at radius 1 is 1.33 bits per heavy atom. The van der Waals surface area contributed by atoms with Crippen molar-refractivity contribution < 1.29 is 9.59 Å². The van der Waals surface area contributed by atoms with Crippen molar-refractivity contribution in [3.63, 3.8) is 0 Å². The summed E-state index contributed by atoms with van der Waals surface area (Å²) in [5.41, 5.74) is 7.25. The molecule has 0 spiro atoms. The predicted octanol–water partition coefficient (Wildman–Crippen LogP) is 1.99. The van der Waals surface area contributed by atoms with Gasteiger partial charge in [-0.25, -0.2) is 4.98 Å². The molecule has 1 aromatic heterocycles. The van der Waals surface area contributed by atoms with E-state index < -0.39 is 0 Å². The van der Waals surface area contributed by atoms with Gasteiger partial charge < -0.3 is 16.0 Å². The zero-order valence-electron chi connectivity index (χ0n) is 12.0. The molecule has 2 rings (SSSR count). The van der Waals surface area contributed by atoms with E-state index in [0.29, 0.717) is 27.0 Å². The van der Waals surface area contributed by atoms with Crippen LogP contribution in [0.1, 0.15) is 25.7 Å². The Morgan fingerprint density at radius 2 is 2.05 bits per heavy atom. The molecular weight excluding hydrogens is 288 g/mol. The summed E-state index contributed by atoms with van der Waals surface area (Å²) >= 11 is 1.14. The minimum Gasteiger partial charge on any atom is -0.375 e. The van der Waals surface area contributed by atoms with E-state index in [9.17, 15) is 9.59 Å². The molecule has 0 unspecified atom stereocenters. The molecule has 2 amide bonds. The van der Waals surface area contributed by atoms with E-state index in [2.05, 4.69) is 10.3 Å². The van der Waals surface area contributed by atoms with Gasteiger partial charge in [-0.2, -0.15) is 0 Å². The van der Waals surface area contributed by atoms with Crippen LogP contribution >= 0.6 is 11.3 Å². The maximum atomic E-state index is 12.2. The number of hydrogen-bond donors (Lipinski definition) is 2. The Morgan fingerprint density at radius 3 is 2.62 bits per heavy atom. The summed E-state index contributed by atoms with van der Waals surface area (Å²) < 4.78 is 0. The summed E-state index contributed by atoms with van der Waals surface area (Å²) in [6, 6.07) is 6.79. The molecule has 7 heteroatoms. The second-order valence-electron chi connectivity index (χ2n) is 4.70. The molecule has 0 aliphatic heterocycles. The van der Waals surface area contributed by atoms with Crippen molar-refractivity contribution in [3.05, 3.63) is 40.4 Å². The maximum absolute atomic E-state index is 12.2. The number of carbonyl (C=O) groups excluding carboxylic acids is 2. The number of thiazole rings is 1. The van der Waals surface area contributed by atoms with Crippen molar-refractivity contribution >= 4 is 34.0 Å². The first-order valence-electron chi connectivity index (χ1n) is 6.24. The first-order chi connectivity index (χ1) is 9.88. The Kier molecular flexibility index (Phi) is 4.23. The molecule has 0 saturated carbocycles. The van der Waals surface area contributed by atoms with Crippen LogP contribution in [0.25, 0.3) is 0 Å². The number of aromatic nitrogens is 1. The average Bonchev–Trinajstić information content (AvgIpc) is 2.77. The first-order valence-corrected chi connectivity index (χ1v) is 7.06. The number of benzene rings is 1. The second kappa shape index (κ2) is 5.92. The fraction of sp³-hybridized carbons (Fsp3) is 0.214. The third-order valence-corrected chi connectivity index (χ3v) is 3.78. The summed E-state index contributed by atoms with van der Waals surface area (Å²) in [4.78, 5) is 30.0. The van der Waals surface area contributed by atoms with E-state index in [1.807, 2.05) is 0 Å². The Bertz CT molecular complexity index is 694. The van der Waals surface area contributed by atoms with Gasteiger partial charge in [-0.3, -0.25) is 9.59 Å². The van der Waals surface area contributed by atoms with Crippen LogP contribution in [-0.4, -0.2) is 35.8 Å². The van der Waals surface area contributed by atoms with Crippen LogP contribution < -0.4 is 11.1 Å². The normalized spacial score (nSPS) is 10.2. The highest BCUT2D eigenvalue weighted by atomic mass is 32.1. The fourth-order valence-electron chi connectivity index (χ4n) is 1.80. The zero-order chi connectivity index (χ0) is 15.6. The number of carbonyl (C=O) groups is 2. The lowest BCUT2D eigenvalue weighted by molar-refractivity contribution is 0.0827. The molecule has 1 heterocycles. The van der Waals surface area contributed by atoms with E-state index in [1.165, 1.54) is 4.90 Å². The largest absolute Gasteiger partial charge is 0.375 e. The fourth-order valence-corrected chi connectivity index (χ4v) is 2.53. The van der Waals surface area contributed by atoms with Gasteiger partial charge in [0.15, 0.2) is 5.13 Å². The minimum atomic E-state index is -0.281. The van der Waals surface area contributed by atoms with Gasteiger partial charge in [0.1, 0.15) is 4.88 Å². The summed E-state index contributed by atoms with van der Waals surface area (Å²) in [5.74, 6) is -0.402. The number of rotatable bonds is 3. The van der Waals surface area contributed by atoms with Crippen LogP contribution in [0.5, 0.6) is 0 Å². The van der Waals surface area contributed by atoms with Gasteiger partial charge in [-0.1, -0.05) is 17.4 Å². The van der Waals surface area contributed by atoms with E-state index in [4.69, 9.17) is 5.73 Å². The number of nitrogens with two attached hydrogens (primary N) is 1. The number of nitrogens with zero attached hydrogens (tertiary/aromatic N) is 2.